The van der Waals surface area contributed by atoms with Gasteiger partial charge < -0.3 is 20.7 Å². The molecule has 1 amide bonds. The number of nitrogens with one attached hydrogen (secondary N) is 3. The van der Waals surface area contributed by atoms with E-state index in [0.29, 0.717) is 19.1 Å². The second-order valence-electron chi connectivity index (χ2n) is 7.42. The SMILES string of the molecule is CN=C(NCCNC(=O)OC(C)(C)C)NCCN(C(C)C)C1CC1. The number of hydrogen-bond acceptors (Lipinski definition) is 4. The predicted octanol–water partition coefficient (Wildman–Crippen LogP) is 1.55. The van der Waals surface area contributed by atoms with Crippen molar-refractivity contribution in [3.8, 4) is 0 Å². The molecular weight excluding hydrogens is 306 g/mol. The number of aliphatic imine (C=N–C) groups is 1. The third kappa shape index (κ3) is 8.96. The summed E-state index contributed by atoms with van der Waals surface area (Å²) < 4.78 is 5.18. The van der Waals surface area contributed by atoms with Crippen LogP contribution in [-0.2, 0) is 4.74 Å². The zero-order chi connectivity index (χ0) is 18.2. The minimum atomic E-state index is -0.473. The Bertz CT molecular complexity index is 412. The first-order valence-corrected chi connectivity index (χ1v) is 8.90. The Hall–Kier alpha value is -1.50. The van der Waals surface area contributed by atoms with E-state index in [0.717, 1.165) is 25.1 Å². The second-order valence-corrected chi connectivity index (χ2v) is 7.42. The minimum Gasteiger partial charge on any atom is -0.444 e. The van der Waals surface area contributed by atoms with Crippen molar-refractivity contribution in [1.29, 1.82) is 0 Å². The highest BCUT2D eigenvalue weighted by Crippen LogP contribution is 2.27. The monoisotopic (exact) mass is 341 g/mol. The number of carbonyl (C=O) groups is 1. The first-order chi connectivity index (χ1) is 11.2. The number of hydrogen-bond donors (Lipinski definition) is 3. The molecule has 140 valence electrons. The fraction of sp³-hybridized carbons (Fsp3) is 0.882. The molecule has 0 aromatic rings. The largest absolute Gasteiger partial charge is 0.444 e. The zero-order valence-electron chi connectivity index (χ0n) is 16.1. The van der Waals surface area contributed by atoms with Crippen molar-refractivity contribution in [1.82, 2.24) is 20.9 Å². The Morgan fingerprint density at radius 3 is 2.25 bits per heavy atom. The molecule has 1 aliphatic carbocycles. The lowest BCUT2D eigenvalue weighted by molar-refractivity contribution is 0.0529. The van der Waals surface area contributed by atoms with E-state index < -0.39 is 11.7 Å². The van der Waals surface area contributed by atoms with Gasteiger partial charge in [-0.1, -0.05) is 0 Å². The Kier molecular flexibility index (Phi) is 8.31. The molecule has 0 aromatic heterocycles. The summed E-state index contributed by atoms with van der Waals surface area (Å²) in [6.07, 6.45) is 2.24. The van der Waals surface area contributed by atoms with Crippen molar-refractivity contribution < 1.29 is 9.53 Å². The van der Waals surface area contributed by atoms with Crippen LogP contribution >= 0.6 is 0 Å². The van der Waals surface area contributed by atoms with Gasteiger partial charge in [0.25, 0.3) is 0 Å². The van der Waals surface area contributed by atoms with Crippen LogP contribution in [0.5, 0.6) is 0 Å². The van der Waals surface area contributed by atoms with Crippen LogP contribution in [0.4, 0.5) is 4.79 Å². The Labute approximate surface area is 146 Å². The summed E-state index contributed by atoms with van der Waals surface area (Å²) in [6, 6.07) is 1.34. The van der Waals surface area contributed by atoms with Crippen LogP contribution in [0, 0.1) is 0 Å². The van der Waals surface area contributed by atoms with Gasteiger partial charge in [-0.2, -0.15) is 0 Å². The number of guanidine groups is 1. The molecule has 24 heavy (non-hydrogen) atoms. The smallest absolute Gasteiger partial charge is 0.407 e. The van der Waals surface area contributed by atoms with Gasteiger partial charge in [-0.3, -0.25) is 9.89 Å². The molecular formula is C17H35N5O2. The van der Waals surface area contributed by atoms with Gasteiger partial charge in [0.15, 0.2) is 5.96 Å². The van der Waals surface area contributed by atoms with Crippen LogP contribution in [0.2, 0.25) is 0 Å². The van der Waals surface area contributed by atoms with Gasteiger partial charge in [0.1, 0.15) is 5.60 Å². The van der Waals surface area contributed by atoms with E-state index in [-0.39, 0.29) is 0 Å². The first kappa shape index (κ1) is 20.5. The average molecular weight is 342 g/mol. The maximum Gasteiger partial charge on any atom is 0.407 e. The normalized spacial score (nSPS) is 15.6. The summed E-state index contributed by atoms with van der Waals surface area (Å²) in [4.78, 5) is 18.3. The van der Waals surface area contributed by atoms with E-state index in [9.17, 15) is 4.79 Å². The standard InChI is InChI=1S/C17H35N5O2/c1-13(2)22(14-7-8-14)12-11-20-15(18-6)19-9-10-21-16(23)24-17(3,4)5/h13-14H,7-12H2,1-6H3,(H,21,23)(H2,18,19,20). The zero-order valence-corrected chi connectivity index (χ0v) is 16.1. The van der Waals surface area contributed by atoms with Gasteiger partial charge in [-0.25, -0.2) is 4.79 Å². The summed E-state index contributed by atoms with van der Waals surface area (Å²) in [6.45, 7) is 13.0. The maximum atomic E-state index is 11.5. The number of nitrogens with zero attached hydrogens (tertiary/aromatic N) is 2. The third-order valence-corrected chi connectivity index (χ3v) is 3.65. The number of ether oxygens (including phenoxy) is 1. The summed E-state index contributed by atoms with van der Waals surface area (Å²) >= 11 is 0. The minimum absolute atomic E-state index is 0.399. The Morgan fingerprint density at radius 1 is 1.17 bits per heavy atom. The number of alkyl carbamates (subject to hydrolysis) is 1. The van der Waals surface area contributed by atoms with Crippen LogP contribution in [0.15, 0.2) is 4.99 Å². The molecule has 1 fully saturated rings. The summed E-state index contributed by atoms with van der Waals surface area (Å²) in [5, 5.41) is 9.22. The molecule has 1 aliphatic rings. The molecule has 1 saturated carbocycles. The van der Waals surface area contributed by atoms with Crippen molar-refractivity contribution in [3.05, 3.63) is 0 Å². The van der Waals surface area contributed by atoms with Gasteiger partial charge in [0, 0.05) is 45.3 Å². The lowest BCUT2D eigenvalue weighted by Crippen LogP contribution is -2.45. The van der Waals surface area contributed by atoms with Crippen LogP contribution in [0.25, 0.3) is 0 Å². The van der Waals surface area contributed by atoms with E-state index in [1.54, 1.807) is 7.05 Å². The van der Waals surface area contributed by atoms with Crippen molar-refractivity contribution in [2.45, 2.75) is 65.1 Å². The fourth-order valence-electron chi connectivity index (χ4n) is 2.45. The van der Waals surface area contributed by atoms with Crippen LogP contribution in [0.3, 0.4) is 0 Å². The maximum absolute atomic E-state index is 11.5. The van der Waals surface area contributed by atoms with Crippen molar-refractivity contribution in [2.24, 2.45) is 4.99 Å². The molecule has 0 bridgehead atoms. The van der Waals surface area contributed by atoms with Crippen molar-refractivity contribution in [3.63, 3.8) is 0 Å². The van der Waals surface area contributed by atoms with Crippen LogP contribution in [0.1, 0.15) is 47.5 Å². The highest BCUT2D eigenvalue weighted by Gasteiger charge is 2.30. The quantitative estimate of drug-likeness (QED) is 0.355. The highest BCUT2D eigenvalue weighted by molar-refractivity contribution is 5.79. The molecule has 1 rings (SSSR count). The molecule has 0 spiro atoms. The molecule has 0 aliphatic heterocycles. The third-order valence-electron chi connectivity index (χ3n) is 3.65. The molecule has 0 unspecified atom stereocenters. The van der Waals surface area contributed by atoms with E-state index in [4.69, 9.17) is 4.74 Å². The van der Waals surface area contributed by atoms with Crippen molar-refractivity contribution in [2.75, 3.05) is 33.2 Å². The van der Waals surface area contributed by atoms with E-state index in [2.05, 4.69) is 39.7 Å². The molecule has 0 heterocycles. The molecule has 7 nitrogen and oxygen atoms in total. The van der Waals surface area contributed by atoms with Gasteiger partial charge in [-0.15, -0.1) is 0 Å². The number of carbonyl (C=O) groups excluding carboxylic acids is 1. The van der Waals surface area contributed by atoms with Gasteiger partial charge >= 0.3 is 6.09 Å². The van der Waals surface area contributed by atoms with Crippen LogP contribution in [-0.4, -0.2) is 67.9 Å². The number of amides is 1. The molecule has 0 radical (unpaired) electrons. The van der Waals surface area contributed by atoms with Crippen LogP contribution < -0.4 is 16.0 Å². The molecule has 3 N–H and O–H groups in total. The van der Waals surface area contributed by atoms with E-state index in [1.165, 1.54) is 12.8 Å². The molecule has 0 atom stereocenters. The highest BCUT2D eigenvalue weighted by atomic mass is 16.6. The van der Waals surface area contributed by atoms with E-state index in [1.807, 2.05) is 20.8 Å². The lowest BCUT2D eigenvalue weighted by atomic mass is 10.2. The summed E-state index contributed by atoms with van der Waals surface area (Å²) in [5.74, 6) is 0.750. The lowest BCUT2D eigenvalue weighted by Gasteiger charge is -2.26. The average Bonchev–Trinajstić information content (AvgIpc) is 3.27. The summed E-state index contributed by atoms with van der Waals surface area (Å²) in [7, 11) is 1.75. The molecule has 7 heteroatoms. The van der Waals surface area contributed by atoms with Crippen molar-refractivity contribution >= 4 is 12.1 Å². The van der Waals surface area contributed by atoms with Gasteiger partial charge in [-0.05, 0) is 47.5 Å². The molecule has 0 saturated heterocycles. The fourth-order valence-corrected chi connectivity index (χ4v) is 2.45. The summed E-state index contributed by atoms with van der Waals surface area (Å²) in [5.41, 5.74) is -0.473. The number of rotatable bonds is 8. The van der Waals surface area contributed by atoms with Gasteiger partial charge in [0.2, 0.25) is 0 Å². The Morgan fingerprint density at radius 2 is 1.75 bits per heavy atom. The van der Waals surface area contributed by atoms with Gasteiger partial charge in [0.05, 0.1) is 0 Å². The van der Waals surface area contributed by atoms with E-state index >= 15 is 0 Å². The topological polar surface area (TPSA) is 78.0 Å². The predicted molar refractivity (Wildman–Crippen MR) is 98.5 cm³/mol. The Balaban J connectivity index is 2.15. The first-order valence-electron chi connectivity index (χ1n) is 8.90. The second kappa shape index (κ2) is 9.71. The molecule has 0 aromatic carbocycles.